The van der Waals surface area contributed by atoms with Crippen LogP contribution in [0.15, 0.2) is 36.4 Å². The van der Waals surface area contributed by atoms with Crippen LogP contribution in [0.5, 0.6) is 5.75 Å². The van der Waals surface area contributed by atoms with Crippen molar-refractivity contribution in [3.05, 3.63) is 58.1 Å². The maximum absolute atomic E-state index is 12.9. The molecule has 2 rings (SSSR count). The fraction of sp³-hybridized carbons (Fsp3) is 0.278. The highest BCUT2D eigenvalue weighted by Crippen LogP contribution is 2.36. The number of hydrogen-bond acceptors (Lipinski definition) is 2. The van der Waals surface area contributed by atoms with E-state index in [0.717, 1.165) is 23.3 Å². The van der Waals surface area contributed by atoms with Crippen LogP contribution in [0.1, 0.15) is 23.6 Å². The zero-order chi connectivity index (χ0) is 18.8. The molecule has 0 heterocycles. The van der Waals surface area contributed by atoms with Gasteiger partial charge in [-0.3, -0.25) is 4.79 Å². The average molecular weight is 372 g/mol. The van der Waals surface area contributed by atoms with Gasteiger partial charge in [0.05, 0.1) is 10.6 Å². The summed E-state index contributed by atoms with van der Waals surface area (Å²) in [5.74, 6) is -0.00825. The fourth-order valence-electron chi connectivity index (χ4n) is 2.16. The fourth-order valence-corrected chi connectivity index (χ4v) is 2.38. The highest BCUT2D eigenvalue weighted by atomic mass is 35.5. The van der Waals surface area contributed by atoms with Crippen LogP contribution in [-0.4, -0.2) is 12.0 Å². The molecule has 0 aliphatic carbocycles. The van der Waals surface area contributed by atoms with Crippen LogP contribution in [0.4, 0.5) is 18.9 Å². The lowest BCUT2D eigenvalue weighted by atomic mass is 10.1. The second-order valence-electron chi connectivity index (χ2n) is 5.64. The van der Waals surface area contributed by atoms with Crippen molar-refractivity contribution in [1.82, 2.24) is 0 Å². The molecule has 134 valence electrons. The van der Waals surface area contributed by atoms with Crippen molar-refractivity contribution in [2.45, 2.75) is 33.1 Å². The van der Waals surface area contributed by atoms with Crippen molar-refractivity contribution in [2.75, 3.05) is 5.32 Å². The number of rotatable bonds is 4. The topological polar surface area (TPSA) is 38.3 Å². The Kier molecular flexibility index (Phi) is 5.62. The van der Waals surface area contributed by atoms with Gasteiger partial charge in [0.15, 0.2) is 6.10 Å². The van der Waals surface area contributed by atoms with Gasteiger partial charge < -0.3 is 10.1 Å². The van der Waals surface area contributed by atoms with Gasteiger partial charge in [0.25, 0.3) is 5.91 Å². The number of halogens is 4. The van der Waals surface area contributed by atoms with Gasteiger partial charge in [-0.05, 0) is 56.2 Å². The van der Waals surface area contributed by atoms with Crippen LogP contribution in [0.25, 0.3) is 0 Å². The molecular formula is C18H17ClF3NO2. The van der Waals surface area contributed by atoms with Crippen molar-refractivity contribution >= 4 is 23.2 Å². The van der Waals surface area contributed by atoms with E-state index in [0.29, 0.717) is 5.75 Å². The summed E-state index contributed by atoms with van der Waals surface area (Å²) in [6.45, 7) is 5.31. The number of ether oxygens (including phenoxy) is 1. The van der Waals surface area contributed by atoms with E-state index in [2.05, 4.69) is 5.32 Å². The predicted octanol–water partition coefficient (Wildman–Crippen LogP) is 5.38. The molecule has 0 saturated heterocycles. The highest BCUT2D eigenvalue weighted by molar-refractivity contribution is 6.31. The molecule has 1 amide bonds. The van der Waals surface area contributed by atoms with Gasteiger partial charge in [-0.25, -0.2) is 0 Å². The van der Waals surface area contributed by atoms with Crippen LogP contribution >= 0.6 is 11.6 Å². The molecule has 2 aromatic carbocycles. The average Bonchev–Trinajstić information content (AvgIpc) is 2.52. The summed E-state index contributed by atoms with van der Waals surface area (Å²) in [4.78, 5) is 12.2. The van der Waals surface area contributed by atoms with Crippen molar-refractivity contribution in [2.24, 2.45) is 0 Å². The van der Waals surface area contributed by atoms with Gasteiger partial charge in [0.2, 0.25) is 0 Å². The molecule has 1 atom stereocenters. The molecule has 0 saturated carbocycles. The standard InChI is InChI=1S/C18H17ClF3NO2/c1-10-5-4-6-16(11(10)2)25-12(3)17(24)23-13-7-8-15(19)14(9-13)18(20,21)22/h4-9,12H,1-3H3,(H,23,24)/t12-/m1/s1. The molecular weight excluding hydrogens is 355 g/mol. The van der Waals surface area contributed by atoms with Crippen LogP contribution in [0.3, 0.4) is 0 Å². The Labute approximate surface area is 148 Å². The Morgan fingerprint density at radius 1 is 1.20 bits per heavy atom. The summed E-state index contributed by atoms with van der Waals surface area (Å²) in [7, 11) is 0. The van der Waals surface area contributed by atoms with Crippen LogP contribution in [0.2, 0.25) is 5.02 Å². The Hall–Kier alpha value is -2.21. The number of hydrogen-bond donors (Lipinski definition) is 1. The largest absolute Gasteiger partial charge is 0.481 e. The minimum Gasteiger partial charge on any atom is -0.481 e. The molecule has 7 heteroatoms. The molecule has 25 heavy (non-hydrogen) atoms. The number of anilines is 1. The van der Waals surface area contributed by atoms with Gasteiger partial charge in [-0.15, -0.1) is 0 Å². The van der Waals surface area contributed by atoms with Crippen molar-refractivity contribution in [3.8, 4) is 5.75 Å². The summed E-state index contributed by atoms with van der Waals surface area (Å²) >= 11 is 5.56. The summed E-state index contributed by atoms with van der Waals surface area (Å²) in [5.41, 5.74) is 0.902. The first-order chi connectivity index (χ1) is 11.6. The number of carbonyl (C=O) groups is 1. The molecule has 0 radical (unpaired) electrons. The third-order valence-electron chi connectivity index (χ3n) is 3.77. The van der Waals surface area contributed by atoms with E-state index in [1.54, 1.807) is 12.1 Å². The van der Waals surface area contributed by atoms with Gasteiger partial charge in [-0.2, -0.15) is 13.2 Å². The lowest BCUT2D eigenvalue weighted by Crippen LogP contribution is -2.30. The molecule has 2 aromatic rings. The molecule has 0 spiro atoms. The van der Waals surface area contributed by atoms with Crippen LogP contribution in [0, 0.1) is 13.8 Å². The minimum atomic E-state index is -4.60. The van der Waals surface area contributed by atoms with E-state index >= 15 is 0 Å². The summed E-state index contributed by atoms with van der Waals surface area (Å²) < 4.78 is 44.2. The Morgan fingerprint density at radius 3 is 2.52 bits per heavy atom. The third kappa shape index (κ3) is 4.66. The predicted molar refractivity (Wildman–Crippen MR) is 91.1 cm³/mol. The van der Waals surface area contributed by atoms with E-state index in [1.807, 2.05) is 19.9 Å². The number of amides is 1. The number of nitrogens with one attached hydrogen (secondary N) is 1. The SMILES string of the molecule is Cc1cccc(O[C@H](C)C(=O)Nc2ccc(Cl)c(C(F)(F)F)c2)c1C. The maximum atomic E-state index is 12.9. The van der Waals surface area contributed by atoms with E-state index in [1.165, 1.54) is 13.0 Å². The Balaban J connectivity index is 2.13. The van der Waals surface area contributed by atoms with E-state index in [4.69, 9.17) is 16.3 Å². The first-order valence-electron chi connectivity index (χ1n) is 7.50. The summed E-state index contributed by atoms with van der Waals surface area (Å²) in [5, 5.41) is 1.99. The minimum absolute atomic E-state index is 0.00172. The molecule has 0 aromatic heterocycles. The number of alkyl halides is 3. The zero-order valence-corrected chi connectivity index (χ0v) is 14.6. The normalized spacial score (nSPS) is 12.6. The molecule has 0 bridgehead atoms. The van der Waals surface area contributed by atoms with Crippen LogP contribution in [-0.2, 0) is 11.0 Å². The maximum Gasteiger partial charge on any atom is 0.417 e. The van der Waals surface area contributed by atoms with E-state index < -0.39 is 28.8 Å². The second-order valence-corrected chi connectivity index (χ2v) is 6.05. The van der Waals surface area contributed by atoms with Crippen molar-refractivity contribution in [3.63, 3.8) is 0 Å². The van der Waals surface area contributed by atoms with Gasteiger partial charge in [0, 0.05) is 5.69 Å². The Bertz CT molecular complexity index is 790. The first-order valence-corrected chi connectivity index (χ1v) is 7.88. The lowest BCUT2D eigenvalue weighted by Gasteiger charge is -2.18. The number of aryl methyl sites for hydroxylation is 1. The second kappa shape index (κ2) is 7.35. The van der Waals surface area contributed by atoms with Crippen LogP contribution < -0.4 is 10.1 Å². The smallest absolute Gasteiger partial charge is 0.417 e. The number of carbonyl (C=O) groups excluding carboxylic acids is 1. The molecule has 3 nitrogen and oxygen atoms in total. The molecule has 0 unspecified atom stereocenters. The van der Waals surface area contributed by atoms with E-state index in [-0.39, 0.29) is 5.69 Å². The summed E-state index contributed by atoms with van der Waals surface area (Å²) in [6, 6.07) is 8.65. The van der Waals surface area contributed by atoms with Gasteiger partial charge in [-0.1, -0.05) is 23.7 Å². The van der Waals surface area contributed by atoms with E-state index in [9.17, 15) is 18.0 Å². The third-order valence-corrected chi connectivity index (χ3v) is 4.10. The molecule has 0 fully saturated rings. The first kappa shape index (κ1) is 19.1. The number of benzene rings is 2. The monoisotopic (exact) mass is 371 g/mol. The van der Waals surface area contributed by atoms with Crippen molar-refractivity contribution in [1.29, 1.82) is 0 Å². The lowest BCUT2D eigenvalue weighted by molar-refractivity contribution is -0.137. The molecule has 1 N–H and O–H groups in total. The zero-order valence-electron chi connectivity index (χ0n) is 13.9. The van der Waals surface area contributed by atoms with Gasteiger partial charge in [0.1, 0.15) is 5.75 Å². The highest BCUT2D eigenvalue weighted by Gasteiger charge is 2.33. The summed E-state index contributed by atoms with van der Waals surface area (Å²) in [6.07, 6.45) is -5.48. The van der Waals surface area contributed by atoms with Gasteiger partial charge >= 0.3 is 6.18 Å². The quantitative estimate of drug-likeness (QED) is 0.783. The molecule has 0 aliphatic heterocycles. The van der Waals surface area contributed by atoms with Crippen molar-refractivity contribution < 1.29 is 22.7 Å². The Morgan fingerprint density at radius 2 is 1.88 bits per heavy atom. The molecule has 0 aliphatic rings.